The quantitative estimate of drug-likeness (QED) is 0.439. The Morgan fingerprint density at radius 1 is 1.26 bits per heavy atom. The Bertz CT molecular complexity index is 639. The van der Waals surface area contributed by atoms with Gasteiger partial charge in [0.15, 0.2) is 5.96 Å². The molecule has 124 valence electrons. The Labute approximate surface area is 159 Å². The molecule has 1 fully saturated rings. The molecule has 1 aliphatic rings. The van der Waals surface area contributed by atoms with E-state index in [-0.39, 0.29) is 24.0 Å². The molecule has 0 radical (unpaired) electrons. The number of aryl methyl sites for hydroxylation is 1. The largest absolute Gasteiger partial charge is 0.351 e. The fourth-order valence-electron chi connectivity index (χ4n) is 3.03. The molecule has 1 aromatic carbocycles. The van der Waals surface area contributed by atoms with Crippen LogP contribution in [0.5, 0.6) is 0 Å². The van der Waals surface area contributed by atoms with Gasteiger partial charge in [-0.3, -0.25) is 4.99 Å². The average Bonchev–Trinajstić information content (AvgIpc) is 3.18. The van der Waals surface area contributed by atoms with Crippen LogP contribution in [0.3, 0.4) is 0 Å². The molecule has 0 spiro atoms. The second-order valence-corrected chi connectivity index (χ2v) is 7.13. The van der Waals surface area contributed by atoms with E-state index in [2.05, 4.69) is 64.6 Å². The highest BCUT2D eigenvalue weighted by molar-refractivity contribution is 14.0. The number of nitrogens with one attached hydrogen (secondary N) is 1. The summed E-state index contributed by atoms with van der Waals surface area (Å²) in [5.74, 6) is 1.63. The van der Waals surface area contributed by atoms with E-state index in [9.17, 15) is 0 Å². The standard InChI is InChI=1S/C18H23N3S.HI/c1-14-8-9-17(22-14)12-20-18(19-2)21-11-10-16(13-21)15-6-4-3-5-7-15;/h3-9,16H,10-13H2,1-2H3,(H,19,20);1H. The van der Waals surface area contributed by atoms with Crippen molar-refractivity contribution in [3.05, 3.63) is 57.8 Å². The summed E-state index contributed by atoms with van der Waals surface area (Å²) in [7, 11) is 1.87. The van der Waals surface area contributed by atoms with E-state index in [0.29, 0.717) is 5.92 Å². The number of halogens is 1. The van der Waals surface area contributed by atoms with E-state index in [1.807, 2.05) is 18.4 Å². The summed E-state index contributed by atoms with van der Waals surface area (Å²) in [6.45, 7) is 5.13. The van der Waals surface area contributed by atoms with Crippen LogP contribution in [0, 0.1) is 6.92 Å². The van der Waals surface area contributed by atoms with Gasteiger partial charge >= 0.3 is 0 Å². The molecule has 3 rings (SSSR count). The maximum Gasteiger partial charge on any atom is 0.193 e. The van der Waals surface area contributed by atoms with Crippen molar-refractivity contribution >= 4 is 41.3 Å². The van der Waals surface area contributed by atoms with Crippen molar-refractivity contribution in [1.29, 1.82) is 0 Å². The molecule has 0 saturated carbocycles. The summed E-state index contributed by atoms with van der Waals surface area (Å²) in [5, 5.41) is 3.50. The normalized spacial score (nSPS) is 17.9. The predicted octanol–water partition coefficient (Wildman–Crippen LogP) is 4.24. The smallest absolute Gasteiger partial charge is 0.193 e. The number of hydrogen-bond acceptors (Lipinski definition) is 2. The molecule has 0 amide bonds. The fourth-order valence-corrected chi connectivity index (χ4v) is 3.86. The first kappa shape index (κ1) is 18.3. The van der Waals surface area contributed by atoms with Gasteiger partial charge in [-0.05, 0) is 31.0 Å². The zero-order valence-electron chi connectivity index (χ0n) is 13.7. The lowest BCUT2D eigenvalue weighted by atomic mass is 9.99. The minimum Gasteiger partial charge on any atom is -0.351 e. The van der Waals surface area contributed by atoms with Crippen molar-refractivity contribution in [3.63, 3.8) is 0 Å². The zero-order chi connectivity index (χ0) is 15.4. The third-order valence-corrected chi connectivity index (χ3v) is 5.19. The molecule has 1 unspecified atom stereocenters. The highest BCUT2D eigenvalue weighted by Gasteiger charge is 2.25. The van der Waals surface area contributed by atoms with Crippen LogP contribution in [-0.2, 0) is 6.54 Å². The van der Waals surface area contributed by atoms with Gasteiger partial charge in [-0.1, -0.05) is 30.3 Å². The maximum atomic E-state index is 4.46. The van der Waals surface area contributed by atoms with Crippen LogP contribution in [0.25, 0.3) is 0 Å². The van der Waals surface area contributed by atoms with Crippen molar-refractivity contribution in [1.82, 2.24) is 10.2 Å². The maximum absolute atomic E-state index is 4.46. The van der Waals surface area contributed by atoms with Crippen molar-refractivity contribution in [2.45, 2.75) is 25.8 Å². The number of benzene rings is 1. The number of rotatable bonds is 3. The molecule has 0 aliphatic carbocycles. The van der Waals surface area contributed by atoms with Crippen LogP contribution in [0.15, 0.2) is 47.5 Å². The van der Waals surface area contributed by atoms with E-state index >= 15 is 0 Å². The highest BCUT2D eigenvalue weighted by atomic mass is 127. The van der Waals surface area contributed by atoms with Crippen molar-refractivity contribution in [3.8, 4) is 0 Å². The minimum absolute atomic E-state index is 0. The van der Waals surface area contributed by atoms with E-state index in [4.69, 9.17) is 0 Å². The number of guanidine groups is 1. The topological polar surface area (TPSA) is 27.6 Å². The second-order valence-electron chi connectivity index (χ2n) is 5.76. The average molecular weight is 441 g/mol. The Morgan fingerprint density at radius 3 is 2.70 bits per heavy atom. The molecule has 2 aromatic rings. The molecule has 1 atom stereocenters. The first-order valence-electron chi connectivity index (χ1n) is 7.82. The molecular weight excluding hydrogens is 417 g/mol. The summed E-state index contributed by atoms with van der Waals surface area (Å²) in [5.41, 5.74) is 1.44. The molecule has 1 saturated heterocycles. The lowest BCUT2D eigenvalue weighted by Gasteiger charge is -2.21. The van der Waals surface area contributed by atoms with Crippen LogP contribution in [-0.4, -0.2) is 31.0 Å². The fraction of sp³-hybridized carbons (Fsp3) is 0.389. The van der Waals surface area contributed by atoms with Gasteiger partial charge < -0.3 is 10.2 Å². The summed E-state index contributed by atoms with van der Waals surface area (Å²) in [6.07, 6.45) is 1.20. The highest BCUT2D eigenvalue weighted by Crippen LogP contribution is 2.27. The summed E-state index contributed by atoms with van der Waals surface area (Å²) in [6, 6.07) is 15.2. The zero-order valence-corrected chi connectivity index (χ0v) is 16.8. The van der Waals surface area contributed by atoms with Gasteiger partial charge in [0.2, 0.25) is 0 Å². The van der Waals surface area contributed by atoms with Gasteiger partial charge in [-0.15, -0.1) is 35.3 Å². The lowest BCUT2D eigenvalue weighted by Crippen LogP contribution is -2.39. The van der Waals surface area contributed by atoms with Crippen molar-refractivity contribution in [2.24, 2.45) is 4.99 Å². The molecule has 0 bridgehead atoms. The number of nitrogens with zero attached hydrogens (tertiary/aromatic N) is 2. The Morgan fingerprint density at radius 2 is 2.04 bits per heavy atom. The third-order valence-electron chi connectivity index (χ3n) is 4.19. The molecule has 1 N–H and O–H groups in total. The van der Waals surface area contributed by atoms with E-state index in [1.165, 1.54) is 21.7 Å². The van der Waals surface area contributed by atoms with Gasteiger partial charge in [0, 0.05) is 35.8 Å². The van der Waals surface area contributed by atoms with Gasteiger partial charge in [0.05, 0.1) is 6.54 Å². The number of thiophene rings is 1. The van der Waals surface area contributed by atoms with Gasteiger partial charge in [0.1, 0.15) is 0 Å². The van der Waals surface area contributed by atoms with Gasteiger partial charge in [-0.25, -0.2) is 0 Å². The van der Waals surface area contributed by atoms with Crippen LogP contribution in [0.4, 0.5) is 0 Å². The summed E-state index contributed by atoms with van der Waals surface area (Å²) >= 11 is 1.84. The molecule has 3 nitrogen and oxygen atoms in total. The molecule has 1 aliphatic heterocycles. The first-order valence-corrected chi connectivity index (χ1v) is 8.64. The number of likely N-dealkylation sites (tertiary alicyclic amines) is 1. The third kappa shape index (κ3) is 4.70. The SMILES string of the molecule is CN=C(NCc1ccc(C)s1)N1CCC(c2ccccc2)C1.I. The van der Waals surface area contributed by atoms with Crippen molar-refractivity contribution in [2.75, 3.05) is 20.1 Å². The summed E-state index contributed by atoms with van der Waals surface area (Å²) < 4.78 is 0. The molecular formula is C18H24IN3S. The van der Waals surface area contributed by atoms with Crippen molar-refractivity contribution < 1.29 is 0 Å². The second kappa shape index (κ2) is 8.68. The van der Waals surface area contributed by atoms with Crippen LogP contribution in [0.2, 0.25) is 0 Å². The van der Waals surface area contributed by atoms with Crippen LogP contribution in [0.1, 0.15) is 27.7 Å². The summed E-state index contributed by atoms with van der Waals surface area (Å²) in [4.78, 5) is 9.55. The minimum atomic E-state index is 0. The van der Waals surface area contributed by atoms with Gasteiger partial charge in [0.25, 0.3) is 0 Å². The first-order chi connectivity index (χ1) is 10.8. The van der Waals surface area contributed by atoms with Crippen LogP contribution < -0.4 is 5.32 Å². The molecule has 5 heteroatoms. The monoisotopic (exact) mass is 441 g/mol. The van der Waals surface area contributed by atoms with Crippen LogP contribution >= 0.6 is 35.3 Å². The van der Waals surface area contributed by atoms with E-state index in [1.54, 1.807) is 0 Å². The Hall–Kier alpha value is -1.08. The van der Waals surface area contributed by atoms with Gasteiger partial charge in [-0.2, -0.15) is 0 Å². The molecule has 23 heavy (non-hydrogen) atoms. The number of aliphatic imine (C=N–C) groups is 1. The lowest BCUT2D eigenvalue weighted by molar-refractivity contribution is 0.486. The molecule has 2 heterocycles. The Kier molecular flexibility index (Phi) is 6.89. The molecule has 1 aromatic heterocycles. The van der Waals surface area contributed by atoms with E-state index in [0.717, 1.165) is 25.6 Å². The predicted molar refractivity (Wildman–Crippen MR) is 110 cm³/mol. The Balaban J connectivity index is 0.00000192. The van der Waals surface area contributed by atoms with E-state index < -0.39 is 0 Å². The number of hydrogen-bond donors (Lipinski definition) is 1.